The van der Waals surface area contributed by atoms with Crippen LogP contribution in [0.15, 0.2) is 47.4 Å². The van der Waals surface area contributed by atoms with E-state index in [0.717, 1.165) is 4.31 Å². The Hall–Kier alpha value is -2.65. The van der Waals surface area contributed by atoms with Crippen molar-refractivity contribution in [2.45, 2.75) is 17.9 Å². The van der Waals surface area contributed by atoms with E-state index in [1.54, 1.807) is 25.1 Å². The van der Waals surface area contributed by atoms with Crippen molar-refractivity contribution >= 4 is 15.9 Å². The molecule has 0 aliphatic rings. The monoisotopic (exact) mass is 410 g/mol. The molecule has 0 heterocycles. The highest BCUT2D eigenvalue weighted by Crippen LogP contribution is 2.30. The predicted molar refractivity (Wildman–Crippen MR) is 102 cm³/mol. The lowest BCUT2D eigenvalue weighted by atomic mass is 10.1. The van der Waals surface area contributed by atoms with Crippen LogP contribution in [0.1, 0.15) is 18.5 Å². The Morgan fingerprint density at radius 2 is 1.79 bits per heavy atom. The van der Waals surface area contributed by atoms with E-state index in [4.69, 9.17) is 9.47 Å². The number of rotatable bonds is 8. The summed E-state index contributed by atoms with van der Waals surface area (Å²) in [7, 11) is 0.0863. The smallest absolute Gasteiger partial charge is 0.247 e. The minimum Gasteiger partial charge on any atom is -0.497 e. The average Bonchev–Trinajstić information content (AvgIpc) is 2.67. The van der Waals surface area contributed by atoms with Gasteiger partial charge in [-0.25, -0.2) is 12.8 Å². The molecule has 7 nitrogen and oxygen atoms in total. The highest BCUT2D eigenvalue weighted by Gasteiger charge is 2.27. The number of hydrogen-bond acceptors (Lipinski definition) is 5. The van der Waals surface area contributed by atoms with Crippen molar-refractivity contribution in [3.8, 4) is 11.5 Å². The van der Waals surface area contributed by atoms with E-state index in [1.807, 2.05) is 0 Å². The van der Waals surface area contributed by atoms with Gasteiger partial charge < -0.3 is 14.8 Å². The fourth-order valence-electron chi connectivity index (χ4n) is 2.56. The van der Waals surface area contributed by atoms with Crippen LogP contribution in [0.4, 0.5) is 4.39 Å². The lowest BCUT2D eigenvalue weighted by molar-refractivity contribution is -0.121. The van der Waals surface area contributed by atoms with Crippen LogP contribution in [-0.2, 0) is 14.8 Å². The third-order valence-electron chi connectivity index (χ3n) is 4.17. The van der Waals surface area contributed by atoms with Crippen molar-refractivity contribution < 1.29 is 27.1 Å². The van der Waals surface area contributed by atoms with Gasteiger partial charge in [0.2, 0.25) is 15.9 Å². The van der Waals surface area contributed by atoms with Crippen molar-refractivity contribution in [3.63, 3.8) is 0 Å². The SMILES string of the molecule is COc1ccc(OC)c(S(=O)(=O)N(C)CC(=O)N[C@H](C)c2ccc(F)cc2)c1. The third-order valence-corrected chi connectivity index (χ3v) is 6.00. The molecule has 1 amide bonds. The molecule has 0 fully saturated rings. The molecule has 0 aliphatic heterocycles. The van der Waals surface area contributed by atoms with Crippen LogP contribution in [-0.4, -0.2) is 46.4 Å². The van der Waals surface area contributed by atoms with Crippen molar-refractivity contribution in [1.82, 2.24) is 9.62 Å². The second kappa shape index (κ2) is 9.03. The van der Waals surface area contributed by atoms with E-state index in [0.29, 0.717) is 11.3 Å². The van der Waals surface area contributed by atoms with Gasteiger partial charge in [0, 0.05) is 13.1 Å². The number of nitrogens with one attached hydrogen (secondary N) is 1. The average molecular weight is 410 g/mol. The predicted octanol–water partition coefficient (Wildman–Crippen LogP) is 2.34. The van der Waals surface area contributed by atoms with Crippen LogP contribution in [0.2, 0.25) is 0 Å². The number of sulfonamides is 1. The molecule has 152 valence electrons. The molecule has 0 saturated carbocycles. The van der Waals surface area contributed by atoms with Crippen LogP contribution in [0.25, 0.3) is 0 Å². The second-order valence-electron chi connectivity index (χ2n) is 6.12. The van der Waals surface area contributed by atoms with Gasteiger partial charge in [0.15, 0.2) is 0 Å². The number of likely N-dealkylation sites (N-methyl/N-ethyl adjacent to an activating group) is 1. The van der Waals surface area contributed by atoms with Crippen LogP contribution in [0.3, 0.4) is 0 Å². The number of methoxy groups -OCH3 is 2. The van der Waals surface area contributed by atoms with Crippen molar-refractivity contribution in [2.24, 2.45) is 0 Å². The molecule has 0 radical (unpaired) electrons. The highest BCUT2D eigenvalue weighted by molar-refractivity contribution is 7.89. The number of hydrogen-bond donors (Lipinski definition) is 1. The normalized spacial score (nSPS) is 12.5. The lowest BCUT2D eigenvalue weighted by Crippen LogP contribution is -2.39. The van der Waals surface area contributed by atoms with Gasteiger partial charge in [0.1, 0.15) is 22.2 Å². The van der Waals surface area contributed by atoms with Gasteiger partial charge >= 0.3 is 0 Å². The Labute approximate surface area is 164 Å². The molecule has 0 aliphatic carbocycles. The second-order valence-corrected chi connectivity index (χ2v) is 8.13. The summed E-state index contributed by atoms with van der Waals surface area (Å²) >= 11 is 0. The number of nitrogens with zero attached hydrogens (tertiary/aromatic N) is 1. The number of halogens is 1. The maximum Gasteiger partial charge on any atom is 0.247 e. The Kier molecular flexibility index (Phi) is 6.98. The summed E-state index contributed by atoms with van der Waals surface area (Å²) in [6.45, 7) is 1.33. The van der Waals surface area contributed by atoms with Crippen LogP contribution >= 0.6 is 0 Å². The molecule has 9 heteroatoms. The molecule has 0 saturated heterocycles. The first-order chi connectivity index (χ1) is 13.2. The van der Waals surface area contributed by atoms with Gasteiger partial charge in [-0.3, -0.25) is 4.79 Å². The summed E-state index contributed by atoms with van der Waals surface area (Å²) in [4.78, 5) is 12.2. The molecule has 28 heavy (non-hydrogen) atoms. The van der Waals surface area contributed by atoms with E-state index < -0.39 is 28.5 Å². The van der Waals surface area contributed by atoms with Gasteiger partial charge in [-0.2, -0.15) is 4.31 Å². The fraction of sp³-hybridized carbons (Fsp3) is 0.316. The molecule has 1 atom stereocenters. The van der Waals surface area contributed by atoms with Gasteiger partial charge in [-0.1, -0.05) is 12.1 Å². The minimum absolute atomic E-state index is 0.101. The summed E-state index contributed by atoms with van der Waals surface area (Å²) in [5.74, 6) is -0.375. The fourth-order valence-corrected chi connectivity index (χ4v) is 3.86. The van der Waals surface area contributed by atoms with Gasteiger partial charge in [0.05, 0.1) is 26.8 Å². The summed E-state index contributed by atoms with van der Waals surface area (Å²) in [5, 5.41) is 2.70. The topological polar surface area (TPSA) is 84.9 Å². The third kappa shape index (κ3) is 4.99. The highest BCUT2D eigenvalue weighted by atomic mass is 32.2. The molecule has 0 unspecified atom stereocenters. The van der Waals surface area contributed by atoms with Gasteiger partial charge in [-0.15, -0.1) is 0 Å². The van der Waals surface area contributed by atoms with E-state index >= 15 is 0 Å². The molecule has 2 aromatic carbocycles. The van der Waals surface area contributed by atoms with Crippen molar-refractivity contribution in [2.75, 3.05) is 27.8 Å². The molecule has 0 aromatic heterocycles. The maximum absolute atomic E-state index is 13.0. The quantitative estimate of drug-likeness (QED) is 0.722. The van der Waals surface area contributed by atoms with Crippen LogP contribution in [0, 0.1) is 5.82 Å². The number of benzene rings is 2. The summed E-state index contributed by atoms with van der Waals surface area (Å²) < 4.78 is 49.9. The largest absolute Gasteiger partial charge is 0.497 e. The summed E-state index contributed by atoms with van der Waals surface area (Å²) in [5.41, 5.74) is 0.703. The molecular weight excluding hydrogens is 387 g/mol. The van der Waals surface area contributed by atoms with E-state index in [9.17, 15) is 17.6 Å². The van der Waals surface area contributed by atoms with E-state index in [1.165, 1.54) is 45.5 Å². The number of ether oxygens (including phenoxy) is 2. The Morgan fingerprint density at radius 3 is 2.36 bits per heavy atom. The molecule has 0 bridgehead atoms. The zero-order valence-electron chi connectivity index (χ0n) is 16.1. The molecule has 2 aromatic rings. The molecule has 1 N–H and O–H groups in total. The van der Waals surface area contributed by atoms with Gasteiger partial charge in [-0.05, 0) is 36.8 Å². The van der Waals surface area contributed by atoms with Crippen LogP contribution in [0.5, 0.6) is 11.5 Å². The van der Waals surface area contributed by atoms with E-state index in [2.05, 4.69) is 5.32 Å². The number of amides is 1. The standard InChI is InChI=1S/C19H23FN2O5S/c1-13(14-5-7-15(20)8-6-14)21-19(23)12-22(2)28(24,25)18-11-16(26-3)9-10-17(18)27-4/h5-11,13H,12H2,1-4H3,(H,21,23)/t13-/m1/s1. The lowest BCUT2D eigenvalue weighted by Gasteiger charge is -2.20. The zero-order valence-corrected chi connectivity index (χ0v) is 16.9. The van der Waals surface area contributed by atoms with Crippen LogP contribution < -0.4 is 14.8 Å². The number of carbonyl (C=O) groups excluding carboxylic acids is 1. The molecular formula is C19H23FN2O5S. The Bertz CT molecular complexity index is 932. The minimum atomic E-state index is -4.00. The Morgan fingerprint density at radius 1 is 1.14 bits per heavy atom. The first-order valence-corrected chi connectivity index (χ1v) is 9.86. The first kappa shape index (κ1) is 21.6. The maximum atomic E-state index is 13.0. The summed E-state index contributed by atoms with van der Waals surface area (Å²) in [6, 6.07) is 9.70. The zero-order chi connectivity index (χ0) is 20.9. The van der Waals surface area contributed by atoms with Crippen molar-refractivity contribution in [3.05, 3.63) is 53.8 Å². The number of carbonyl (C=O) groups is 1. The first-order valence-electron chi connectivity index (χ1n) is 8.42. The summed E-state index contributed by atoms with van der Waals surface area (Å²) in [6.07, 6.45) is 0. The van der Waals surface area contributed by atoms with E-state index in [-0.39, 0.29) is 16.5 Å². The molecule has 0 spiro atoms. The Balaban J connectivity index is 2.13. The van der Waals surface area contributed by atoms with Gasteiger partial charge in [0.25, 0.3) is 0 Å². The molecule has 2 rings (SSSR count). The van der Waals surface area contributed by atoms with Crippen molar-refractivity contribution in [1.29, 1.82) is 0 Å².